The van der Waals surface area contributed by atoms with Crippen LogP contribution in [0.1, 0.15) is 25.0 Å². The molecule has 2 aromatic carbocycles. The fraction of sp³-hybridized carbons (Fsp3) is 0.263. The van der Waals surface area contributed by atoms with Crippen molar-refractivity contribution < 1.29 is 0 Å². The van der Waals surface area contributed by atoms with Gasteiger partial charge in [0.15, 0.2) is 0 Å². The third-order valence-electron chi connectivity index (χ3n) is 4.67. The Bertz CT molecular complexity index is 810. The molecule has 0 spiro atoms. The molecule has 4 rings (SSSR count). The lowest BCUT2D eigenvalue weighted by atomic mass is 10.1. The van der Waals surface area contributed by atoms with Crippen LogP contribution < -0.4 is 4.90 Å². The third-order valence-corrected chi connectivity index (χ3v) is 4.67. The van der Waals surface area contributed by atoms with Crippen LogP contribution in [0.4, 0.5) is 5.69 Å². The van der Waals surface area contributed by atoms with E-state index >= 15 is 0 Å². The Morgan fingerprint density at radius 2 is 1.86 bits per heavy atom. The van der Waals surface area contributed by atoms with E-state index in [0.717, 1.165) is 19.5 Å². The number of hydrogen-bond donors (Lipinski definition) is 1. The molecule has 0 atom stereocenters. The summed E-state index contributed by atoms with van der Waals surface area (Å²) in [4.78, 5) is 6.02. The van der Waals surface area contributed by atoms with E-state index < -0.39 is 0 Å². The molecule has 1 aliphatic rings. The summed E-state index contributed by atoms with van der Waals surface area (Å²) in [7, 11) is 0. The number of anilines is 1. The average Bonchev–Trinajstić information content (AvgIpc) is 3.04. The number of aromatic nitrogens is 1. The summed E-state index contributed by atoms with van der Waals surface area (Å²) < 4.78 is 0. The van der Waals surface area contributed by atoms with Gasteiger partial charge in [-0.15, -0.1) is 0 Å². The summed E-state index contributed by atoms with van der Waals surface area (Å²) >= 11 is 0. The van der Waals surface area contributed by atoms with Gasteiger partial charge in [-0.3, -0.25) is 0 Å². The predicted octanol–water partition coefficient (Wildman–Crippen LogP) is 4.59. The molecule has 106 valence electrons. The molecular weight excluding hydrogens is 256 g/mol. The van der Waals surface area contributed by atoms with Crippen molar-refractivity contribution in [3.05, 3.63) is 53.6 Å². The summed E-state index contributed by atoms with van der Waals surface area (Å²) in [5.74, 6) is 0. The molecule has 0 amide bonds. The number of fused-ring (bicyclic) bond motifs is 5. The van der Waals surface area contributed by atoms with Crippen LogP contribution in [0.5, 0.6) is 0 Å². The number of H-pyrrole nitrogens is 1. The van der Waals surface area contributed by atoms with E-state index in [2.05, 4.69) is 66.2 Å². The summed E-state index contributed by atoms with van der Waals surface area (Å²) in [6.07, 6.45) is 1.05. The average molecular weight is 276 g/mol. The molecule has 1 heterocycles. The van der Waals surface area contributed by atoms with E-state index in [1.165, 1.54) is 39.0 Å². The second kappa shape index (κ2) is 4.66. The van der Waals surface area contributed by atoms with Crippen LogP contribution in [0.2, 0.25) is 0 Å². The van der Waals surface area contributed by atoms with Crippen LogP contribution in [0, 0.1) is 0 Å². The molecule has 21 heavy (non-hydrogen) atoms. The van der Waals surface area contributed by atoms with Crippen LogP contribution in [0.3, 0.4) is 0 Å². The summed E-state index contributed by atoms with van der Waals surface area (Å²) in [5.41, 5.74) is 8.16. The highest BCUT2D eigenvalue weighted by atomic mass is 15.1. The molecule has 1 N–H and O–H groups in total. The lowest BCUT2D eigenvalue weighted by Gasteiger charge is -2.21. The minimum absolute atomic E-state index is 1.05. The van der Waals surface area contributed by atoms with Crippen LogP contribution in [-0.2, 0) is 6.42 Å². The maximum atomic E-state index is 3.62. The SMILES string of the molecule is CCN(CC)c1ccc2[nH]c3c(c2c1)Cc1ccccc1-3. The summed E-state index contributed by atoms with van der Waals surface area (Å²) in [5, 5.41) is 1.38. The number of benzene rings is 2. The molecule has 0 fully saturated rings. The van der Waals surface area contributed by atoms with Crippen molar-refractivity contribution in [3.8, 4) is 11.3 Å². The Morgan fingerprint density at radius 3 is 2.67 bits per heavy atom. The van der Waals surface area contributed by atoms with Crippen molar-refractivity contribution in [1.29, 1.82) is 0 Å². The van der Waals surface area contributed by atoms with Crippen molar-refractivity contribution in [3.63, 3.8) is 0 Å². The molecule has 1 aliphatic carbocycles. The predicted molar refractivity (Wildman–Crippen MR) is 90.1 cm³/mol. The smallest absolute Gasteiger partial charge is 0.0503 e. The van der Waals surface area contributed by atoms with Gasteiger partial charge in [0, 0.05) is 41.7 Å². The van der Waals surface area contributed by atoms with Crippen LogP contribution in [-0.4, -0.2) is 18.1 Å². The van der Waals surface area contributed by atoms with E-state index in [4.69, 9.17) is 0 Å². The van der Waals surface area contributed by atoms with E-state index in [-0.39, 0.29) is 0 Å². The highest BCUT2D eigenvalue weighted by Crippen LogP contribution is 2.41. The molecule has 0 saturated heterocycles. The van der Waals surface area contributed by atoms with Crippen molar-refractivity contribution in [2.75, 3.05) is 18.0 Å². The zero-order valence-electron chi connectivity index (χ0n) is 12.6. The minimum Gasteiger partial charge on any atom is -0.372 e. The monoisotopic (exact) mass is 276 g/mol. The molecule has 0 saturated carbocycles. The lowest BCUT2D eigenvalue weighted by Crippen LogP contribution is -2.21. The van der Waals surface area contributed by atoms with Crippen LogP contribution in [0.25, 0.3) is 22.2 Å². The highest BCUT2D eigenvalue weighted by Gasteiger charge is 2.22. The number of hydrogen-bond acceptors (Lipinski definition) is 1. The normalized spacial score (nSPS) is 12.5. The molecule has 0 unspecified atom stereocenters. The number of nitrogens with zero attached hydrogens (tertiary/aromatic N) is 1. The van der Waals surface area contributed by atoms with Crippen molar-refractivity contribution in [2.24, 2.45) is 0 Å². The van der Waals surface area contributed by atoms with Crippen LogP contribution >= 0.6 is 0 Å². The first-order chi connectivity index (χ1) is 10.3. The maximum absolute atomic E-state index is 3.62. The lowest BCUT2D eigenvalue weighted by molar-refractivity contribution is 0.867. The minimum atomic E-state index is 1.05. The van der Waals surface area contributed by atoms with Crippen LogP contribution in [0.15, 0.2) is 42.5 Å². The van der Waals surface area contributed by atoms with Gasteiger partial charge in [0.25, 0.3) is 0 Å². The van der Waals surface area contributed by atoms with Gasteiger partial charge in [0.2, 0.25) is 0 Å². The molecule has 1 aromatic heterocycles. The summed E-state index contributed by atoms with van der Waals surface area (Å²) in [6.45, 7) is 6.53. The molecular formula is C19H20N2. The van der Waals surface area contributed by atoms with Gasteiger partial charge in [0.1, 0.15) is 0 Å². The van der Waals surface area contributed by atoms with Crippen molar-refractivity contribution in [2.45, 2.75) is 20.3 Å². The second-order valence-electron chi connectivity index (χ2n) is 5.71. The topological polar surface area (TPSA) is 19.0 Å². The zero-order chi connectivity index (χ0) is 14.4. The molecule has 2 heteroatoms. The Hall–Kier alpha value is -2.22. The molecule has 0 radical (unpaired) electrons. The first-order valence-electron chi connectivity index (χ1n) is 7.79. The third kappa shape index (κ3) is 1.79. The quantitative estimate of drug-likeness (QED) is 0.580. The van der Waals surface area contributed by atoms with Gasteiger partial charge in [0.05, 0.1) is 5.69 Å². The van der Waals surface area contributed by atoms with E-state index in [1.54, 1.807) is 0 Å². The van der Waals surface area contributed by atoms with Gasteiger partial charge < -0.3 is 9.88 Å². The molecule has 2 nitrogen and oxygen atoms in total. The van der Waals surface area contributed by atoms with Gasteiger partial charge in [-0.05, 0) is 43.2 Å². The fourth-order valence-electron chi connectivity index (χ4n) is 3.54. The van der Waals surface area contributed by atoms with E-state index in [1.807, 2.05) is 0 Å². The van der Waals surface area contributed by atoms with Gasteiger partial charge >= 0.3 is 0 Å². The molecule has 0 aliphatic heterocycles. The second-order valence-corrected chi connectivity index (χ2v) is 5.71. The number of nitrogens with one attached hydrogen (secondary N) is 1. The Balaban J connectivity index is 1.89. The first-order valence-corrected chi connectivity index (χ1v) is 7.79. The van der Waals surface area contributed by atoms with Crippen molar-refractivity contribution in [1.82, 2.24) is 4.98 Å². The first kappa shape index (κ1) is 12.5. The molecule has 3 aromatic rings. The zero-order valence-corrected chi connectivity index (χ0v) is 12.6. The Morgan fingerprint density at radius 1 is 1.05 bits per heavy atom. The van der Waals surface area contributed by atoms with Gasteiger partial charge in [-0.1, -0.05) is 24.3 Å². The van der Waals surface area contributed by atoms with E-state index in [0.29, 0.717) is 0 Å². The molecule has 0 bridgehead atoms. The van der Waals surface area contributed by atoms with Crippen molar-refractivity contribution >= 4 is 16.6 Å². The Labute approximate surface area is 125 Å². The number of rotatable bonds is 3. The van der Waals surface area contributed by atoms with Gasteiger partial charge in [-0.25, -0.2) is 0 Å². The highest BCUT2D eigenvalue weighted by molar-refractivity contribution is 5.96. The summed E-state index contributed by atoms with van der Waals surface area (Å²) in [6, 6.07) is 15.5. The standard InChI is InChI=1S/C19H20N2/c1-3-21(4-2)14-9-10-18-16(12-14)17-11-13-7-5-6-8-15(13)19(17)20-18/h5-10,12,20H,3-4,11H2,1-2H3. The number of aromatic amines is 1. The Kier molecular flexibility index (Phi) is 2.78. The van der Waals surface area contributed by atoms with E-state index in [9.17, 15) is 0 Å². The maximum Gasteiger partial charge on any atom is 0.0503 e. The van der Waals surface area contributed by atoms with Gasteiger partial charge in [-0.2, -0.15) is 0 Å². The largest absolute Gasteiger partial charge is 0.372 e. The fourth-order valence-corrected chi connectivity index (χ4v) is 3.54.